The number of benzene rings is 1. The molecule has 0 amide bonds. The molecule has 0 fully saturated rings. The number of rotatable bonds is 4. The van der Waals surface area contributed by atoms with Crippen LogP contribution >= 0.6 is 0 Å². The monoisotopic (exact) mass is 293 g/mol. The Bertz CT molecular complexity index is 584. The van der Waals surface area contributed by atoms with Crippen LogP contribution < -0.4 is 4.74 Å². The minimum absolute atomic E-state index is 0.0281. The number of carbonyl (C=O) groups excluding carboxylic acids is 1. The molecule has 0 N–H and O–H groups in total. The average molecular weight is 293 g/mol. The maximum atomic E-state index is 11.6. The van der Waals surface area contributed by atoms with Crippen molar-refractivity contribution in [3.63, 3.8) is 0 Å². The van der Waals surface area contributed by atoms with Gasteiger partial charge in [-0.25, -0.2) is 4.79 Å². The summed E-state index contributed by atoms with van der Waals surface area (Å²) >= 11 is 0. The van der Waals surface area contributed by atoms with Gasteiger partial charge >= 0.3 is 5.97 Å². The third-order valence-electron chi connectivity index (χ3n) is 2.55. The summed E-state index contributed by atoms with van der Waals surface area (Å²) in [5, 5.41) is 10.9. The second-order valence-corrected chi connectivity index (χ2v) is 5.50. The Hall–Kier alpha value is -2.37. The van der Waals surface area contributed by atoms with Crippen LogP contribution in [0.1, 0.15) is 31.9 Å². The number of ether oxygens (including phenoxy) is 2. The van der Waals surface area contributed by atoms with Crippen molar-refractivity contribution >= 4 is 17.7 Å². The molecule has 0 aliphatic heterocycles. The number of nitro benzene ring substituents is 1. The van der Waals surface area contributed by atoms with Crippen LogP contribution in [0.15, 0.2) is 18.2 Å². The molecule has 0 aliphatic carbocycles. The Morgan fingerprint density at radius 3 is 2.43 bits per heavy atom. The largest absolute Gasteiger partial charge is 0.496 e. The predicted molar refractivity (Wildman–Crippen MR) is 79.3 cm³/mol. The second-order valence-electron chi connectivity index (χ2n) is 5.50. The Labute approximate surface area is 123 Å². The molecule has 1 aromatic rings. The maximum Gasteiger partial charge on any atom is 0.331 e. The van der Waals surface area contributed by atoms with Crippen molar-refractivity contribution in [1.29, 1.82) is 0 Å². The highest BCUT2D eigenvalue weighted by Gasteiger charge is 2.16. The van der Waals surface area contributed by atoms with Gasteiger partial charge in [-0.05, 0) is 39.8 Å². The van der Waals surface area contributed by atoms with Gasteiger partial charge in [0.15, 0.2) is 0 Å². The van der Waals surface area contributed by atoms with E-state index in [2.05, 4.69) is 0 Å². The van der Waals surface area contributed by atoms with E-state index in [0.29, 0.717) is 16.9 Å². The number of hydrogen-bond donors (Lipinski definition) is 0. The van der Waals surface area contributed by atoms with Crippen LogP contribution in [0, 0.1) is 17.0 Å². The van der Waals surface area contributed by atoms with E-state index in [9.17, 15) is 14.9 Å². The molecule has 6 heteroatoms. The molecule has 21 heavy (non-hydrogen) atoms. The molecule has 1 aromatic carbocycles. The first-order valence-electron chi connectivity index (χ1n) is 6.38. The number of hydrogen-bond acceptors (Lipinski definition) is 5. The third kappa shape index (κ3) is 4.91. The van der Waals surface area contributed by atoms with E-state index in [1.165, 1.54) is 25.3 Å². The van der Waals surface area contributed by atoms with Gasteiger partial charge in [-0.1, -0.05) is 0 Å². The maximum absolute atomic E-state index is 11.6. The van der Waals surface area contributed by atoms with Crippen molar-refractivity contribution in [2.45, 2.75) is 33.3 Å². The molecule has 0 spiro atoms. The lowest BCUT2D eigenvalue weighted by Crippen LogP contribution is -2.22. The fourth-order valence-electron chi connectivity index (χ4n) is 1.68. The molecule has 0 aromatic heterocycles. The van der Waals surface area contributed by atoms with E-state index in [0.717, 1.165) is 0 Å². The van der Waals surface area contributed by atoms with Crippen molar-refractivity contribution < 1.29 is 19.2 Å². The van der Waals surface area contributed by atoms with Crippen LogP contribution in [0.25, 0.3) is 6.08 Å². The molecule has 0 heterocycles. The van der Waals surface area contributed by atoms with Gasteiger partial charge in [0.1, 0.15) is 11.4 Å². The molecule has 0 radical (unpaired) electrons. The zero-order valence-corrected chi connectivity index (χ0v) is 12.8. The van der Waals surface area contributed by atoms with E-state index >= 15 is 0 Å². The minimum Gasteiger partial charge on any atom is -0.496 e. The first-order chi connectivity index (χ1) is 9.64. The highest BCUT2D eigenvalue weighted by Crippen LogP contribution is 2.29. The van der Waals surface area contributed by atoms with E-state index in [1.807, 2.05) is 0 Å². The summed E-state index contributed by atoms with van der Waals surface area (Å²) in [4.78, 5) is 22.1. The number of nitrogens with zero attached hydrogens (tertiary/aromatic N) is 1. The first-order valence-corrected chi connectivity index (χ1v) is 6.38. The van der Waals surface area contributed by atoms with Gasteiger partial charge in [-0.2, -0.15) is 0 Å². The van der Waals surface area contributed by atoms with E-state index in [1.54, 1.807) is 33.8 Å². The fourth-order valence-corrected chi connectivity index (χ4v) is 1.68. The zero-order valence-electron chi connectivity index (χ0n) is 12.8. The number of carbonyl (C=O) groups is 1. The number of methoxy groups -OCH3 is 1. The van der Waals surface area contributed by atoms with Crippen LogP contribution in [0.2, 0.25) is 0 Å². The van der Waals surface area contributed by atoms with Crippen molar-refractivity contribution in [1.82, 2.24) is 0 Å². The van der Waals surface area contributed by atoms with Gasteiger partial charge in [-0.15, -0.1) is 0 Å². The smallest absolute Gasteiger partial charge is 0.331 e. The summed E-state index contributed by atoms with van der Waals surface area (Å²) in [6.45, 7) is 6.91. The Morgan fingerprint density at radius 1 is 1.33 bits per heavy atom. The molecule has 0 unspecified atom stereocenters. The van der Waals surface area contributed by atoms with Gasteiger partial charge in [0.2, 0.25) is 0 Å². The van der Waals surface area contributed by atoms with Gasteiger partial charge in [0.25, 0.3) is 5.69 Å². The van der Waals surface area contributed by atoms with Crippen LogP contribution in [-0.2, 0) is 9.53 Å². The Morgan fingerprint density at radius 2 is 1.95 bits per heavy atom. The molecule has 1 rings (SSSR count). The Kier molecular flexibility index (Phi) is 5.07. The van der Waals surface area contributed by atoms with Crippen molar-refractivity contribution in [2.24, 2.45) is 0 Å². The van der Waals surface area contributed by atoms with Crippen molar-refractivity contribution in [3.05, 3.63) is 39.4 Å². The van der Waals surface area contributed by atoms with Gasteiger partial charge in [0.05, 0.1) is 12.0 Å². The number of esters is 1. The summed E-state index contributed by atoms with van der Waals surface area (Å²) in [6.07, 6.45) is 2.67. The summed E-state index contributed by atoms with van der Waals surface area (Å²) in [5.41, 5.74) is 0.316. The zero-order chi connectivity index (χ0) is 16.2. The summed E-state index contributed by atoms with van der Waals surface area (Å²) in [6, 6.07) is 2.93. The quantitative estimate of drug-likeness (QED) is 0.368. The second kappa shape index (κ2) is 6.39. The average Bonchev–Trinajstić information content (AvgIpc) is 2.34. The summed E-state index contributed by atoms with van der Waals surface area (Å²) in [5.74, 6) is -0.0642. The van der Waals surface area contributed by atoms with E-state index in [-0.39, 0.29) is 5.69 Å². The lowest BCUT2D eigenvalue weighted by atomic mass is 10.1. The normalized spacial score (nSPS) is 11.5. The molecule has 6 nitrogen and oxygen atoms in total. The molecular weight excluding hydrogens is 274 g/mol. The fraction of sp³-hybridized carbons (Fsp3) is 0.400. The van der Waals surface area contributed by atoms with Crippen LogP contribution in [0.3, 0.4) is 0 Å². The molecule has 0 aliphatic rings. The molecule has 0 bridgehead atoms. The van der Waals surface area contributed by atoms with Gasteiger partial charge in [-0.3, -0.25) is 10.1 Å². The topological polar surface area (TPSA) is 78.7 Å². The van der Waals surface area contributed by atoms with Crippen LogP contribution in [-0.4, -0.2) is 23.6 Å². The standard InChI is InChI=1S/C15H19NO5/c1-10-8-13(20-5)11(9-12(10)16(18)19)6-7-14(17)21-15(2,3)4/h6-9H,1-5H3/b7-6+. The van der Waals surface area contributed by atoms with Crippen LogP contribution in [0.5, 0.6) is 5.75 Å². The molecule has 114 valence electrons. The molecule has 0 saturated heterocycles. The number of nitro groups is 1. The lowest BCUT2D eigenvalue weighted by Gasteiger charge is -2.17. The first kappa shape index (κ1) is 16.7. The molecule has 0 saturated carbocycles. The minimum atomic E-state index is -0.592. The van der Waals surface area contributed by atoms with Crippen molar-refractivity contribution in [3.8, 4) is 5.75 Å². The molecular formula is C15H19NO5. The van der Waals surface area contributed by atoms with E-state index in [4.69, 9.17) is 9.47 Å². The lowest BCUT2D eigenvalue weighted by molar-refractivity contribution is -0.385. The predicted octanol–water partition coefficient (Wildman–Crippen LogP) is 3.27. The summed E-state index contributed by atoms with van der Waals surface area (Å²) in [7, 11) is 1.46. The van der Waals surface area contributed by atoms with Crippen molar-refractivity contribution in [2.75, 3.05) is 7.11 Å². The third-order valence-corrected chi connectivity index (χ3v) is 2.55. The van der Waals surface area contributed by atoms with Gasteiger partial charge in [0, 0.05) is 23.3 Å². The van der Waals surface area contributed by atoms with Crippen LogP contribution in [0.4, 0.5) is 5.69 Å². The summed E-state index contributed by atoms with van der Waals surface area (Å²) < 4.78 is 10.3. The molecule has 0 atom stereocenters. The highest BCUT2D eigenvalue weighted by molar-refractivity contribution is 5.88. The van der Waals surface area contributed by atoms with Gasteiger partial charge < -0.3 is 9.47 Å². The SMILES string of the molecule is COc1cc(C)c([N+](=O)[O-])cc1/C=C/C(=O)OC(C)(C)C. The van der Waals surface area contributed by atoms with E-state index < -0.39 is 16.5 Å². The highest BCUT2D eigenvalue weighted by atomic mass is 16.6. The Balaban J connectivity index is 3.09. The number of aryl methyl sites for hydroxylation is 1.